The number of fused-ring (bicyclic) bond motifs is 1. The second-order valence-corrected chi connectivity index (χ2v) is 2.57. The monoisotopic (exact) mass is 187 g/mol. The van der Waals surface area contributed by atoms with Crippen LogP contribution in [0.4, 0.5) is 13.2 Å². The maximum Gasteiger partial charge on any atom is 0.196 e. The Hall–Kier alpha value is -1.52. The molecule has 0 aliphatic carbocycles. The first-order chi connectivity index (χ1) is 6.09. The summed E-state index contributed by atoms with van der Waals surface area (Å²) in [5.74, 6) is -3.95. The number of rotatable bonds is 0. The Morgan fingerprint density at radius 3 is 2.62 bits per heavy atom. The lowest BCUT2D eigenvalue weighted by molar-refractivity contribution is 0.451. The number of aromatic nitrogens is 1. The number of nitrogens with zero attached hydrogens (tertiary/aromatic N) is 1. The summed E-state index contributed by atoms with van der Waals surface area (Å²) in [5.41, 5.74) is -0.370. The third-order valence-corrected chi connectivity index (χ3v) is 1.63. The van der Waals surface area contributed by atoms with E-state index in [9.17, 15) is 13.2 Å². The van der Waals surface area contributed by atoms with Crippen LogP contribution in [-0.2, 0) is 0 Å². The van der Waals surface area contributed by atoms with Gasteiger partial charge in [-0.1, -0.05) is 0 Å². The topological polar surface area (TPSA) is 26.0 Å². The molecule has 0 saturated heterocycles. The lowest BCUT2D eigenvalue weighted by atomic mass is 10.3. The van der Waals surface area contributed by atoms with Gasteiger partial charge in [0.1, 0.15) is 5.52 Å². The molecule has 0 fully saturated rings. The van der Waals surface area contributed by atoms with Gasteiger partial charge in [0.15, 0.2) is 28.9 Å². The SMILES string of the molecule is Cc1nc2c(F)c(F)c(F)cc2o1. The summed E-state index contributed by atoms with van der Waals surface area (Å²) in [5, 5.41) is 0. The number of oxazole rings is 1. The minimum absolute atomic E-state index is 0.0890. The fourth-order valence-electron chi connectivity index (χ4n) is 1.09. The third-order valence-electron chi connectivity index (χ3n) is 1.63. The molecule has 0 bridgehead atoms. The first kappa shape index (κ1) is 8.10. The second-order valence-electron chi connectivity index (χ2n) is 2.57. The van der Waals surface area contributed by atoms with Crippen molar-refractivity contribution in [3.8, 4) is 0 Å². The average Bonchev–Trinajstić information content (AvgIpc) is 2.42. The third kappa shape index (κ3) is 1.07. The summed E-state index contributed by atoms with van der Waals surface area (Å²) >= 11 is 0. The normalized spacial score (nSPS) is 11.1. The van der Waals surface area contributed by atoms with Crippen molar-refractivity contribution in [1.29, 1.82) is 0 Å². The van der Waals surface area contributed by atoms with Crippen LogP contribution in [0.15, 0.2) is 10.5 Å². The Kier molecular flexibility index (Phi) is 1.55. The Morgan fingerprint density at radius 2 is 1.92 bits per heavy atom. The van der Waals surface area contributed by atoms with Crippen molar-refractivity contribution < 1.29 is 17.6 Å². The molecule has 68 valence electrons. The van der Waals surface area contributed by atoms with E-state index in [-0.39, 0.29) is 17.0 Å². The standard InChI is InChI=1S/C8H4F3NO/c1-3-12-8-5(13-3)2-4(9)6(10)7(8)11/h2H,1H3. The predicted octanol–water partition coefficient (Wildman–Crippen LogP) is 2.55. The van der Waals surface area contributed by atoms with Gasteiger partial charge in [-0.2, -0.15) is 0 Å². The van der Waals surface area contributed by atoms with Gasteiger partial charge in [-0.25, -0.2) is 18.2 Å². The molecule has 5 heteroatoms. The van der Waals surface area contributed by atoms with Crippen molar-refractivity contribution in [3.63, 3.8) is 0 Å². The van der Waals surface area contributed by atoms with Gasteiger partial charge in [-0.05, 0) is 0 Å². The van der Waals surface area contributed by atoms with E-state index in [1.54, 1.807) is 0 Å². The Bertz CT molecular complexity index is 478. The maximum absolute atomic E-state index is 12.9. The van der Waals surface area contributed by atoms with Crippen LogP contribution in [0.2, 0.25) is 0 Å². The van der Waals surface area contributed by atoms with E-state index >= 15 is 0 Å². The molecule has 2 nitrogen and oxygen atoms in total. The largest absolute Gasteiger partial charge is 0.441 e. The minimum Gasteiger partial charge on any atom is -0.441 e. The molecule has 0 spiro atoms. The maximum atomic E-state index is 12.9. The number of hydrogen-bond acceptors (Lipinski definition) is 2. The molecule has 2 aromatic rings. The molecule has 0 saturated carbocycles. The van der Waals surface area contributed by atoms with Gasteiger partial charge < -0.3 is 4.42 Å². The zero-order valence-electron chi connectivity index (χ0n) is 6.57. The smallest absolute Gasteiger partial charge is 0.196 e. The molecular weight excluding hydrogens is 183 g/mol. The van der Waals surface area contributed by atoms with Gasteiger partial charge in [0.2, 0.25) is 0 Å². The van der Waals surface area contributed by atoms with Crippen molar-refractivity contribution in [1.82, 2.24) is 4.98 Å². The number of halogens is 3. The van der Waals surface area contributed by atoms with E-state index in [1.165, 1.54) is 6.92 Å². The highest BCUT2D eigenvalue weighted by Crippen LogP contribution is 2.22. The van der Waals surface area contributed by atoms with Crippen LogP contribution < -0.4 is 0 Å². The lowest BCUT2D eigenvalue weighted by Crippen LogP contribution is -1.90. The Labute approximate surface area is 71.0 Å². The summed E-state index contributed by atoms with van der Waals surface area (Å²) in [6.45, 7) is 1.47. The Balaban J connectivity index is 2.92. The predicted molar refractivity (Wildman–Crippen MR) is 38.6 cm³/mol. The van der Waals surface area contributed by atoms with Gasteiger partial charge in [0, 0.05) is 13.0 Å². The van der Waals surface area contributed by atoms with Crippen LogP contribution in [0.5, 0.6) is 0 Å². The summed E-state index contributed by atoms with van der Waals surface area (Å²) < 4.78 is 43.0. The van der Waals surface area contributed by atoms with E-state index in [0.717, 1.165) is 6.07 Å². The fourth-order valence-corrected chi connectivity index (χ4v) is 1.09. The van der Waals surface area contributed by atoms with Crippen molar-refractivity contribution in [2.24, 2.45) is 0 Å². The van der Waals surface area contributed by atoms with Gasteiger partial charge in [-0.15, -0.1) is 0 Å². The van der Waals surface area contributed by atoms with Crippen LogP contribution in [-0.4, -0.2) is 4.98 Å². The van der Waals surface area contributed by atoms with Crippen LogP contribution in [0.1, 0.15) is 5.89 Å². The zero-order chi connectivity index (χ0) is 9.59. The van der Waals surface area contributed by atoms with Gasteiger partial charge in [0.25, 0.3) is 0 Å². The number of hydrogen-bond donors (Lipinski definition) is 0. The van der Waals surface area contributed by atoms with E-state index in [0.29, 0.717) is 0 Å². The van der Waals surface area contributed by atoms with E-state index < -0.39 is 17.5 Å². The van der Waals surface area contributed by atoms with E-state index in [4.69, 9.17) is 4.42 Å². The molecule has 1 aromatic heterocycles. The molecule has 1 aromatic carbocycles. The highest BCUT2D eigenvalue weighted by atomic mass is 19.2. The molecule has 0 aliphatic heterocycles. The average molecular weight is 187 g/mol. The lowest BCUT2D eigenvalue weighted by Gasteiger charge is -1.93. The van der Waals surface area contributed by atoms with Gasteiger partial charge in [0.05, 0.1) is 0 Å². The summed E-state index contributed by atoms with van der Waals surface area (Å²) in [6.07, 6.45) is 0. The number of aryl methyl sites for hydroxylation is 1. The van der Waals surface area contributed by atoms with Gasteiger partial charge >= 0.3 is 0 Å². The molecular formula is C8H4F3NO. The molecule has 0 amide bonds. The van der Waals surface area contributed by atoms with Crippen molar-refractivity contribution in [2.75, 3.05) is 0 Å². The minimum atomic E-state index is -1.53. The highest BCUT2D eigenvalue weighted by molar-refractivity contribution is 5.73. The van der Waals surface area contributed by atoms with Crippen LogP contribution in [0.3, 0.4) is 0 Å². The zero-order valence-corrected chi connectivity index (χ0v) is 6.57. The molecule has 0 atom stereocenters. The molecule has 0 N–H and O–H groups in total. The highest BCUT2D eigenvalue weighted by Gasteiger charge is 2.17. The molecule has 0 radical (unpaired) electrons. The van der Waals surface area contributed by atoms with E-state index in [2.05, 4.69) is 4.98 Å². The summed E-state index contributed by atoms with van der Waals surface area (Å²) in [7, 11) is 0. The molecule has 13 heavy (non-hydrogen) atoms. The van der Waals surface area contributed by atoms with Crippen molar-refractivity contribution >= 4 is 11.1 Å². The first-order valence-corrected chi connectivity index (χ1v) is 3.50. The second kappa shape index (κ2) is 2.48. The molecule has 2 rings (SSSR count). The van der Waals surface area contributed by atoms with Crippen LogP contribution in [0.25, 0.3) is 11.1 Å². The molecule has 1 heterocycles. The number of benzene rings is 1. The Morgan fingerprint density at radius 1 is 1.23 bits per heavy atom. The molecule has 0 unspecified atom stereocenters. The van der Waals surface area contributed by atoms with Crippen LogP contribution in [0, 0.1) is 24.4 Å². The molecule has 0 aliphatic rings. The van der Waals surface area contributed by atoms with E-state index in [1.807, 2.05) is 0 Å². The quantitative estimate of drug-likeness (QED) is 0.592. The van der Waals surface area contributed by atoms with Crippen molar-refractivity contribution in [2.45, 2.75) is 6.92 Å². The van der Waals surface area contributed by atoms with Crippen LogP contribution >= 0.6 is 0 Å². The van der Waals surface area contributed by atoms with Crippen molar-refractivity contribution in [3.05, 3.63) is 29.4 Å². The summed E-state index contributed by atoms with van der Waals surface area (Å²) in [4.78, 5) is 3.57. The van der Waals surface area contributed by atoms with Gasteiger partial charge in [-0.3, -0.25) is 0 Å². The fraction of sp³-hybridized carbons (Fsp3) is 0.125. The summed E-state index contributed by atoms with van der Waals surface area (Å²) in [6, 6.07) is 0.772. The first-order valence-electron chi connectivity index (χ1n) is 3.50.